The van der Waals surface area contributed by atoms with Gasteiger partial charge in [-0.3, -0.25) is 19.4 Å². The van der Waals surface area contributed by atoms with Gasteiger partial charge in [0.2, 0.25) is 0 Å². The van der Waals surface area contributed by atoms with Crippen molar-refractivity contribution in [3.8, 4) is 51.6 Å². The van der Waals surface area contributed by atoms with Gasteiger partial charge in [-0.25, -0.2) is 28.0 Å². The van der Waals surface area contributed by atoms with Crippen molar-refractivity contribution in [2.24, 2.45) is 5.73 Å². The number of carbonyl (C=O) groups is 2. The highest BCUT2D eigenvalue weighted by Gasteiger charge is 2.18. The first kappa shape index (κ1) is 41.3. The molecule has 6 rings (SSSR count). The second-order valence-corrected chi connectivity index (χ2v) is 11.7. The third-order valence-electron chi connectivity index (χ3n) is 7.80. The van der Waals surface area contributed by atoms with Crippen LogP contribution in [0.4, 0.5) is 17.6 Å². The van der Waals surface area contributed by atoms with E-state index >= 15 is 0 Å². The van der Waals surface area contributed by atoms with Gasteiger partial charge in [-0.2, -0.15) is 10.5 Å². The van der Waals surface area contributed by atoms with Crippen LogP contribution < -0.4 is 25.4 Å². The van der Waals surface area contributed by atoms with Crippen molar-refractivity contribution in [3.63, 3.8) is 0 Å². The van der Waals surface area contributed by atoms with Gasteiger partial charge < -0.3 is 19.9 Å². The number of nitriles is 2. The lowest BCUT2D eigenvalue weighted by Gasteiger charge is -2.14. The number of hydrogen-bond donors (Lipinski definition) is 2. The molecule has 0 spiro atoms. The van der Waals surface area contributed by atoms with Crippen LogP contribution in [0.1, 0.15) is 32.1 Å². The topological polar surface area (TPSA) is 182 Å². The number of primary amides is 1. The quantitative estimate of drug-likeness (QED) is 0.0656. The minimum Gasteiger partial charge on any atom is -0.488 e. The SMILES string of the molecule is N#Cc1ccc(F)c(OCCOc2c(-c3ccc(F)cc3)ccnc2C(N)=O)c1.N#Cc1cccc(OCCONC(=O)c2cc(-c3ccc(F)cc3)ccn2)c1F. The predicted octanol–water partition coefficient (Wildman–Crippen LogP) is 7.09. The van der Waals surface area contributed by atoms with E-state index in [-0.39, 0.29) is 72.0 Å². The van der Waals surface area contributed by atoms with Crippen LogP contribution >= 0.6 is 0 Å². The normalized spacial score (nSPS) is 10.2. The molecule has 0 aliphatic heterocycles. The number of hydroxylamine groups is 1. The molecule has 292 valence electrons. The zero-order valence-corrected chi connectivity index (χ0v) is 30.1. The predicted molar refractivity (Wildman–Crippen MR) is 200 cm³/mol. The summed E-state index contributed by atoms with van der Waals surface area (Å²) in [5.74, 6) is -3.55. The fourth-order valence-corrected chi connectivity index (χ4v) is 5.05. The number of halogens is 4. The summed E-state index contributed by atoms with van der Waals surface area (Å²) in [6, 6.07) is 27.9. The Labute approximate surface area is 328 Å². The molecular formula is C42H30F4N6O6. The van der Waals surface area contributed by atoms with E-state index in [1.54, 1.807) is 36.4 Å². The van der Waals surface area contributed by atoms with E-state index in [9.17, 15) is 27.2 Å². The maximum Gasteiger partial charge on any atom is 0.293 e. The van der Waals surface area contributed by atoms with E-state index in [4.69, 9.17) is 35.3 Å². The highest BCUT2D eigenvalue weighted by atomic mass is 19.1. The Balaban J connectivity index is 0.000000221. The summed E-state index contributed by atoms with van der Waals surface area (Å²) in [5.41, 5.74) is 10.3. The van der Waals surface area contributed by atoms with Crippen molar-refractivity contribution >= 4 is 11.8 Å². The van der Waals surface area contributed by atoms with E-state index in [1.807, 2.05) is 6.07 Å². The van der Waals surface area contributed by atoms with Gasteiger partial charge in [0.15, 0.2) is 34.6 Å². The average molecular weight is 791 g/mol. The van der Waals surface area contributed by atoms with Crippen molar-refractivity contribution in [3.05, 3.63) is 161 Å². The molecule has 2 aromatic heterocycles. The number of benzene rings is 4. The van der Waals surface area contributed by atoms with Crippen LogP contribution in [-0.2, 0) is 4.84 Å². The molecule has 0 saturated carbocycles. The van der Waals surface area contributed by atoms with Crippen molar-refractivity contribution in [1.82, 2.24) is 15.4 Å². The smallest absolute Gasteiger partial charge is 0.293 e. The second-order valence-electron chi connectivity index (χ2n) is 11.7. The highest BCUT2D eigenvalue weighted by Crippen LogP contribution is 2.32. The molecule has 0 atom stereocenters. The zero-order valence-electron chi connectivity index (χ0n) is 30.1. The van der Waals surface area contributed by atoms with Crippen molar-refractivity contribution in [1.29, 1.82) is 10.5 Å². The van der Waals surface area contributed by atoms with Gasteiger partial charge in [-0.05, 0) is 83.4 Å². The Hall–Kier alpha value is -7.82. The Kier molecular flexibility index (Phi) is 14.4. The van der Waals surface area contributed by atoms with Crippen molar-refractivity contribution < 1.29 is 46.2 Å². The maximum atomic E-state index is 13.8. The molecule has 4 aromatic carbocycles. The summed E-state index contributed by atoms with van der Waals surface area (Å²) in [7, 11) is 0. The van der Waals surface area contributed by atoms with Gasteiger partial charge in [0.25, 0.3) is 11.8 Å². The van der Waals surface area contributed by atoms with E-state index in [2.05, 4.69) is 15.4 Å². The molecule has 0 radical (unpaired) electrons. The monoisotopic (exact) mass is 790 g/mol. The number of amides is 2. The number of pyridine rings is 2. The van der Waals surface area contributed by atoms with Crippen LogP contribution in [0.2, 0.25) is 0 Å². The van der Waals surface area contributed by atoms with Crippen LogP contribution in [-0.4, -0.2) is 48.2 Å². The zero-order chi connectivity index (χ0) is 41.4. The van der Waals surface area contributed by atoms with E-state index < -0.39 is 29.3 Å². The third kappa shape index (κ3) is 11.1. The number of nitrogens with one attached hydrogen (secondary N) is 1. The molecule has 16 heteroatoms. The molecule has 3 N–H and O–H groups in total. The molecule has 0 saturated heterocycles. The number of nitrogens with two attached hydrogens (primary N) is 1. The largest absolute Gasteiger partial charge is 0.488 e. The lowest BCUT2D eigenvalue weighted by molar-refractivity contribution is 0.0192. The number of aromatic nitrogens is 2. The van der Waals surface area contributed by atoms with E-state index in [0.29, 0.717) is 16.7 Å². The molecule has 0 fully saturated rings. The van der Waals surface area contributed by atoms with E-state index in [1.165, 1.54) is 79.1 Å². The van der Waals surface area contributed by atoms with Crippen molar-refractivity contribution in [2.75, 3.05) is 26.4 Å². The van der Waals surface area contributed by atoms with Gasteiger partial charge in [-0.15, -0.1) is 0 Å². The summed E-state index contributed by atoms with van der Waals surface area (Å²) in [6.45, 7) is -0.229. The molecule has 2 amide bonds. The average Bonchev–Trinajstić information content (AvgIpc) is 3.24. The van der Waals surface area contributed by atoms with Gasteiger partial charge in [-0.1, -0.05) is 30.3 Å². The summed E-state index contributed by atoms with van der Waals surface area (Å²) >= 11 is 0. The lowest BCUT2D eigenvalue weighted by Crippen LogP contribution is -2.26. The van der Waals surface area contributed by atoms with Crippen LogP contribution in [0.3, 0.4) is 0 Å². The van der Waals surface area contributed by atoms with Crippen LogP contribution in [0.25, 0.3) is 22.3 Å². The Morgan fingerprint density at radius 3 is 2.02 bits per heavy atom. The third-order valence-corrected chi connectivity index (χ3v) is 7.80. The molecule has 6 aromatic rings. The van der Waals surface area contributed by atoms with E-state index in [0.717, 1.165) is 11.6 Å². The first-order valence-electron chi connectivity index (χ1n) is 17.0. The first-order valence-corrected chi connectivity index (χ1v) is 17.0. The highest BCUT2D eigenvalue weighted by molar-refractivity contribution is 5.96. The maximum absolute atomic E-state index is 13.8. The number of rotatable bonds is 14. The van der Waals surface area contributed by atoms with Gasteiger partial charge >= 0.3 is 0 Å². The number of carbonyl (C=O) groups excluding carboxylic acids is 2. The molecular weight excluding hydrogens is 760 g/mol. The molecule has 0 bridgehead atoms. The summed E-state index contributed by atoms with van der Waals surface area (Å²) in [4.78, 5) is 36.8. The van der Waals surface area contributed by atoms with Crippen LogP contribution in [0.5, 0.6) is 17.2 Å². The molecule has 0 aliphatic carbocycles. The summed E-state index contributed by atoms with van der Waals surface area (Å²) in [6.07, 6.45) is 2.85. The minimum absolute atomic E-state index is 0.0465. The van der Waals surface area contributed by atoms with Crippen LogP contribution in [0.15, 0.2) is 116 Å². The van der Waals surface area contributed by atoms with Gasteiger partial charge in [0.1, 0.15) is 49.8 Å². The summed E-state index contributed by atoms with van der Waals surface area (Å²) in [5, 5.41) is 17.7. The standard InChI is InChI=1S/2C21H15F2N3O3/c22-15-4-2-14(3-5-15)16-7-8-26-19(21(25)27)20(16)29-10-9-28-18-11-13(12-24)1-6-17(18)23;22-17-6-4-14(5-7-17)15-8-9-25-18(12-15)21(27)26-29-11-10-28-19-3-1-2-16(13-24)20(19)23/h1-8,11H,9-10H2,(H2,25,27);1-9,12H,10-11H2,(H,26,27). The summed E-state index contributed by atoms with van der Waals surface area (Å²) < 4.78 is 70.1. The lowest BCUT2D eigenvalue weighted by atomic mass is 10.0. The van der Waals surface area contributed by atoms with Crippen LogP contribution in [0, 0.1) is 45.9 Å². The number of ether oxygens (including phenoxy) is 3. The molecule has 2 heterocycles. The van der Waals surface area contributed by atoms with Crippen molar-refractivity contribution in [2.45, 2.75) is 0 Å². The molecule has 0 aliphatic rings. The second kappa shape index (κ2) is 20.2. The first-order chi connectivity index (χ1) is 28.1. The minimum atomic E-state index is -0.794. The number of hydrogen-bond acceptors (Lipinski definition) is 10. The Morgan fingerprint density at radius 1 is 0.672 bits per heavy atom. The fraction of sp³-hybridized carbons (Fsp3) is 0.0952. The Morgan fingerprint density at radius 2 is 1.33 bits per heavy atom. The molecule has 58 heavy (non-hydrogen) atoms. The Bertz CT molecular complexity index is 2470. The van der Waals surface area contributed by atoms with Gasteiger partial charge in [0, 0.05) is 24.0 Å². The fourth-order valence-electron chi connectivity index (χ4n) is 5.05. The molecule has 0 unspecified atom stereocenters. The molecule has 12 nitrogen and oxygen atoms in total. The van der Waals surface area contributed by atoms with Gasteiger partial charge in [0.05, 0.1) is 17.2 Å². The number of nitrogens with zero attached hydrogens (tertiary/aromatic N) is 4.